The van der Waals surface area contributed by atoms with Crippen molar-refractivity contribution in [2.45, 2.75) is 38.1 Å². The van der Waals surface area contributed by atoms with Gasteiger partial charge in [-0.05, 0) is 56.0 Å². The number of amides is 2. The number of anilines is 1. The first-order chi connectivity index (χ1) is 12.1. The van der Waals surface area contributed by atoms with Gasteiger partial charge in [0.05, 0.1) is 12.3 Å². The van der Waals surface area contributed by atoms with Gasteiger partial charge < -0.3 is 15.1 Å². The van der Waals surface area contributed by atoms with Gasteiger partial charge in [0, 0.05) is 23.4 Å². The Morgan fingerprint density at radius 3 is 2.52 bits per heavy atom. The molecule has 2 aliphatic carbocycles. The fourth-order valence-electron chi connectivity index (χ4n) is 3.15. The molecule has 25 heavy (non-hydrogen) atoms. The van der Waals surface area contributed by atoms with Gasteiger partial charge in [-0.1, -0.05) is 12.1 Å². The number of carbonyl (C=O) groups is 2. The summed E-state index contributed by atoms with van der Waals surface area (Å²) < 4.78 is 5.38. The highest BCUT2D eigenvalue weighted by atomic mass is 16.3. The summed E-state index contributed by atoms with van der Waals surface area (Å²) in [7, 11) is 0. The lowest BCUT2D eigenvalue weighted by Crippen LogP contribution is -2.28. The molecule has 1 aromatic carbocycles. The fraction of sp³-hybridized carbons (Fsp3) is 0.400. The second-order valence-corrected chi connectivity index (χ2v) is 7.08. The Kier molecular flexibility index (Phi) is 4.07. The molecule has 0 saturated heterocycles. The minimum absolute atomic E-state index is 0.00528. The molecule has 0 radical (unpaired) electrons. The van der Waals surface area contributed by atoms with E-state index in [0.717, 1.165) is 36.3 Å². The van der Waals surface area contributed by atoms with Crippen molar-refractivity contribution in [3.05, 3.63) is 54.0 Å². The van der Waals surface area contributed by atoms with Crippen LogP contribution >= 0.6 is 0 Å². The van der Waals surface area contributed by atoms with Crippen molar-refractivity contribution < 1.29 is 14.0 Å². The predicted molar refractivity (Wildman–Crippen MR) is 93.9 cm³/mol. The second-order valence-electron chi connectivity index (χ2n) is 7.08. The van der Waals surface area contributed by atoms with Gasteiger partial charge in [-0.3, -0.25) is 9.59 Å². The van der Waals surface area contributed by atoms with E-state index >= 15 is 0 Å². The lowest BCUT2D eigenvalue weighted by Gasteiger charge is -2.15. The van der Waals surface area contributed by atoms with Crippen LogP contribution in [-0.4, -0.2) is 11.8 Å². The zero-order valence-corrected chi connectivity index (χ0v) is 14.2. The SMILES string of the molecule is CC(NC(=O)C1CC1c1ccco1)c1ccc(NC(=O)C2CC2)cc1. The molecule has 5 heteroatoms. The molecule has 130 valence electrons. The largest absolute Gasteiger partial charge is 0.469 e. The molecule has 0 bridgehead atoms. The van der Waals surface area contributed by atoms with Crippen LogP contribution in [0.2, 0.25) is 0 Å². The molecule has 0 aliphatic heterocycles. The van der Waals surface area contributed by atoms with Crippen LogP contribution in [0, 0.1) is 11.8 Å². The Labute approximate surface area is 146 Å². The van der Waals surface area contributed by atoms with E-state index in [0.29, 0.717) is 0 Å². The monoisotopic (exact) mass is 338 g/mol. The maximum atomic E-state index is 12.4. The summed E-state index contributed by atoms with van der Waals surface area (Å²) in [6.07, 6.45) is 4.48. The van der Waals surface area contributed by atoms with Gasteiger partial charge in [-0.25, -0.2) is 0 Å². The van der Waals surface area contributed by atoms with Gasteiger partial charge in [0.25, 0.3) is 0 Å². The van der Waals surface area contributed by atoms with Gasteiger partial charge in [-0.15, -0.1) is 0 Å². The molecule has 2 aromatic rings. The lowest BCUT2D eigenvalue weighted by atomic mass is 10.1. The molecule has 3 atom stereocenters. The van der Waals surface area contributed by atoms with Crippen LogP contribution in [0.4, 0.5) is 5.69 Å². The van der Waals surface area contributed by atoms with E-state index in [4.69, 9.17) is 4.42 Å². The van der Waals surface area contributed by atoms with Crippen molar-refractivity contribution in [1.82, 2.24) is 5.32 Å². The highest BCUT2D eigenvalue weighted by molar-refractivity contribution is 5.94. The number of hydrogen-bond acceptors (Lipinski definition) is 3. The van der Waals surface area contributed by atoms with Gasteiger partial charge in [0.1, 0.15) is 5.76 Å². The average Bonchev–Trinajstić information content (AvgIpc) is 3.54. The molecule has 1 heterocycles. The van der Waals surface area contributed by atoms with Crippen molar-refractivity contribution in [3.63, 3.8) is 0 Å². The summed E-state index contributed by atoms with van der Waals surface area (Å²) in [5, 5.41) is 5.99. The molecule has 2 N–H and O–H groups in total. The number of carbonyl (C=O) groups excluding carboxylic acids is 2. The Bertz CT molecular complexity index is 763. The molecule has 3 unspecified atom stereocenters. The standard InChI is InChI=1S/C20H22N2O3/c1-12(21-20(24)17-11-16(17)18-3-2-10-25-18)13-6-8-15(9-7-13)22-19(23)14-4-5-14/h2-3,6-10,12,14,16-17H,4-5,11H2,1H3,(H,21,24)(H,22,23). The Hall–Kier alpha value is -2.56. The highest BCUT2D eigenvalue weighted by Gasteiger charge is 2.46. The molecule has 1 aromatic heterocycles. The minimum Gasteiger partial charge on any atom is -0.469 e. The topological polar surface area (TPSA) is 71.3 Å². The van der Waals surface area contributed by atoms with Crippen molar-refractivity contribution in [3.8, 4) is 0 Å². The van der Waals surface area contributed by atoms with Crippen LogP contribution in [0.3, 0.4) is 0 Å². The zero-order valence-electron chi connectivity index (χ0n) is 14.2. The van der Waals surface area contributed by atoms with Gasteiger partial charge >= 0.3 is 0 Å². The van der Waals surface area contributed by atoms with Gasteiger partial charge in [-0.2, -0.15) is 0 Å². The smallest absolute Gasteiger partial charge is 0.227 e. The maximum absolute atomic E-state index is 12.4. The normalized spacial score (nSPS) is 22.9. The third-order valence-electron chi connectivity index (χ3n) is 5.02. The molecule has 4 rings (SSSR count). The van der Waals surface area contributed by atoms with Crippen molar-refractivity contribution in [2.75, 3.05) is 5.32 Å². The first kappa shape index (κ1) is 15.9. The summed E-state index contributed by atoms with van der Waals surface area (Å²) in [6, 6.07) is 11.4. The number of hydrogen-bond donors (Lipinski definition) is 2. The molecular weight excluding hydrogens is 316 g/mol. The highest BCUT2D eigenvalue weighted by Crippen LogP contribution is 2.47. The maximum Gasteiger partial charge on any atom is 0.227 e. The van der Waals surface area contributed by atoms with E-state index in [9.17, 15) is 9.59 Å². The number of nitrogens with one attached hydrogen (secondary N) is 2. The van der Waals surface area contributed by atoms with Crippen molar-refractivity contribution in [1.29, 1.82) is 0 Å². The van der Waals surface area contributed by atoms with E-state index < -0.39 is 0 Å². The van der Waals surface area contributed by atoms with Crippen LogP contribution in [0.15, 0.2) is 47.1 Å². The molecule has 2 fully saturated rings. The van der Waals surface area contributed by atoms with Crippen LogP contribution in [0.1, 0.15) is 49.5 Å². The number of rotatable bonds is 6. The van der Waals surface area contributed by atoms with E-state index in [1.54, 1.807) is 6.26 Å². The zero-order chi connectivity index (χ0) is 17.4. The molecule has 2 aliphatic rings. The average molecular weight is 338 g/mol. The van der Waals surface area contributed by atoms with E-state index in [1.807, 2.05) is 43.3 Å². The van der Waals surface area contributed by atoms with Gasteiger partial charge in [0.2, 0.25) is 11.8 Å². The summed E-state index contributed by atoms with van der Waals surface area (Å²) >= 11 is 0. The third kappa shape index (κ3) is 3.60. The minimum atomic E-state index is -0.0708. The van der Waals surface area contributed by atoms with E-state index in [1.165, 1.54) is 0 Å². The second kappa shape index (κ2) is 6.39. The molecule has 2 amide bonds. The fourth-order valence-corrected chi connectivity index (χ4v) is 3.15. The molecule has 2 saturated carbocycles. The summed E-state index contributed by atoms with van der Waals surface area (Å²) in [5.41, 5.74) is 1.83. The van der Waals surface area contributed by atoms with Crippen LogP contribution < -0.4 is 10.6 Å². The first-order valence-corrected chi connectivity index (χ1v) is 8.86. The number of benzene rings is 1. The Morgan fingerprint density at radius 2 is 1.88 bits per heavy atom. The molecule has 5 nitrogen and oxygen atoms in total. The molecular formula is C20H22N2O3. The summed E-state index contributed by atoms with van der Waals surface area (Å²) in [6.45, 7) is 1.97. The Balaban J connectivity index is 1.31. The van der Waals surface area contributed by atoms with Crippen LogP contribution in [0.25, 0.3) is 0 Å². The van der Waals surface area contributed by atoms with Crippen molar-refractivity contribution in [2.24, 2.45) is 11.8 Å². The summed E-state index contributed by atoms with van der Waals surface area (Å²) in [4.78, 5) is 24.2. The van der Waals surface area contributed by atoms with Crippen molar-refractivity contribution >= 4 is 17.5 Å². The predicted octanol–water partition coefficient (Wildman–Crippen LogP) is 3.61. The van der Waals surface area contributed by atoms with Gasteiger partial charge in [0.15, 0.2) is 0 Å². The Morgan fingerprint density at radius 1 is 1.12 bits per heavy atom. The van der Waals surface area contributed by atoms with E-state index in [-0.39, 0.29) is 35.6 Å². The van der Waals surface area contributed by atoms with E-state index in [2.05, 4.69) is 10.6 Å². The number of furan rings is 1. The third-order valence-corrected chi connectivity index (χ3v) is 5.02. The lowest BCUT2D eigenvalue weighted by molar-refractivity contribution is -0.123. The van der Waals surface area contributed by atoms with Crippen LogP contribution in [-0.2, 0) is 9.59 Å². The quantitative estimate of drug-likeness (QED) is 0.845. The van der Waals surface area contributed by atoms with Crippen LogP contribution in [0.5, 0.6) is 0 Å². The summed E-state index contributed by atoms with van der Waals surface area (Å²) in [5.74, 6) is 1.47. The first-order valence-electron chi connectivity index (χ1n) is 8.86. The molecule has 0 spiro atoms.